The number of carbonyl (C=O) groups is 2. The zero-order chi connectivity index (χ0) is 21.3. The summed E-state index contributed by atoms with van der Waals surface area (Å²) >= 11 is 0. The van der Waals surface area contributed by atoms with E-state index in [0.29, 0.717) is 56.3 Å². The molecule has 2 N–H and O–H groups in total. The SMILES string of the molecule is CN=C(NCCNC(=O)c1cccc(OC)c1)N1CCN(C(=O)c2ccco2)CC1.I. The molecule has 1 aromatic heterocycles. The van der Waals surface area contributed by atoms with Gasteiger partial charge in [-0.1, -0.05) is 6.07 Å². The van der Waals surface area contributed by atoms with Crippen molar-refractivity contribution in [1.82, 2.24) is 20.4 Å². The minimum atomic E-state index is -0.157. The maximum atomic E-state index is 12.4. The topological polar surface area (TPSA) is 99.4 Å². The Labute approximate surface area is 198 Å². The van der Waals surface area contributed by atoms with E-state index in [2.05, 4.69) is 20.5 Å². The largest absolute Gasteiger partial charge is 0.497 e. The molecule has 168 valence electrons. The fraction of sp³-hybridized carbons (Fsp3) is 0.381. The third-order valence-corrected chi connectivity index (χ3v) is 4.84. The summed E-state index contributed by atoms with van der Waals surface area (Å²) in [4.78, 5) is 32.8. The van der Waals surface area contributed by atoms with Crippen LogP contribution in [0, 0.1) is 0 Å². The van der Waals surface area contributed by atoms with Crippen LogP contribution in [0.3, 0.4) is 0 Å². The summed E-state index contributed by atoms with van der Waals surface area (Å²) in [6.45, 7) is 3.50. The van der Waals surface area contributed by atoms with Crippen LogP contribution < -0.4 is 15.4 Å². The van der Waals surface area contributed by atoms with E-state index in [1.807, 2.05) is 0 Å². The van der Waals surface area contributed by atoms with E-state index >= 15 is 0 Å². The summed E-state index contributed by atoms with van der Waals surface area (Å²) in [5, 5.41) is 6.13. The van der Waals surface area contributed by atoms with Crippen molar-refractivity contribution in [3.05, 3.63) is 54.0 Å². The number of benzene rings is 1. The summed E-state index contributed by atoms with van der Waals surface area (Å²) in [5.74, 6) is 1.50. The van der Waals surface area contributed by atoms with Gasteiger partial charge < -0.3 is 29.6 Å². The first-order valence-corrected chi connectivity index (χ1v) is 9.83. The molecule has 0 atom stereocenters. The molecule has 0 bridgehead atoms. The number of guanidine groups is 1. The number of hydrogen-bond acceptors (Lipinski definition) is 5. The Morgan fingerprint density at radius 3 is 2.42 bits per heavy atom. The second kappa shape index (κ2) is 12.2. The van der Waals surface area contributed by atoms with Gasteiger partial charge in [0.05, 0.1) is 13.4 Å². The summed E-state index contributed by atoms with van der Waals surface area (Å²) in [7, 11) is 3.29. The molecule has 1 aromatic carbocycles. The molecular weight excluding hydrogens is 513 g/mol. The number of nitrogens with one attached hydrogen (secondary N) is 2. The van der Waals surface area contributed by atoms with E-state index < -0.39 is 0 Å². The number of piperazine rings is 1. The molecule has 2 heterocycles. The molecule has 10 heteroatoms. The Hall–Kier alpha value is -2.76. The van der Waals surface area contributed by atoms with E-state index in [-0.39, 0.29) is 35.8 Å². The van der Waals surface area contributed by atoms with Gasteiger partial charge in [-0.15, -0.1) is 24.0 Å². The van der Waals surface area contributed by atoms with Crippen molar-refractivity contribution >= 4 is 41.8 Å². The average molecular weight is 541 g/mol. The Kier molecular flexibility index (Phi) is 9.63. The Bertz CT molecular complexity index is 880. The molecule has 1 saturated heterocycles. The number of hydrogen-bond donors (Lipinski definition) is 2. The van der Waals surface area contributed by atoms with E-state index in [1.54, 1.807) is 55.5 Å². The van der Waals surface area contributed by atoms with Crippen LogP contribution in [0.2, 0.25) is 0 Å². The first kappa shape index (κ1) is 24.5. The van der Waals surface area contributed by atoms with Crippen molar-refractivity contribution in [3.8, 4) is 5.75 Å². The smallest absolute Gasteiger partial charge is 0.289 e. The highest BCUT2D eigenvalue weighted by Gasteiger charge is 2.25. The number of amides is 2. The number of methoxy groups -OCH3 is 1. The molecule has 2 aromatic rings. The first-order chi connectivity index (χ1) is 14.6. The van der Waals surface area contributed by atoms with Crippen LogP contribution in [0.25, 0.3) is 0 Å². The highest BCUT2D eigenvalue weighted by Crippen LogP contribution is 2.12. The lowest BCUT2D eigenvalue weighted by Crippen LogP contribution is -2.54. The molecule has 3 rings (SSSR count). The highest BCUT2D eigenvalue weighted by molar-refractivity contribution is 14.0. The second-order valence-electron chi connectivity index (χ2n) is 6.72. The molecule has 1 aliphatic heterocycles. The van der Waals surface area contributed by atoms with Crippen LogP contribution in [0.5, 0.6) is 5.75 Å². The summed E-state index contributed by atoms with van der Waals surface area (Å²) in [6.07, 6.45) is 1.50. The van der Waals surface area contributed by atoms with Crippen LogP contribution >= 0.6 is 24.0 Å². The Morgan fingerprint density at radius 1 is 1.06 bits per heavy atom. The van der Waals surface area contributed by atoms with Gasteiger partial charge in [0.2, 0.25) is 0 Å². The number of aliphatic imine (C=N–C) groups is 1. The minimum Gasteiger partial charge on any atom is -0.497 e. The van der Waals surface area contributed by atoms with Crippen LogP contribution in [-0.4, -0.2) is 81.0 Å². The zero-order valence-corrected chi connectivity index (χ0v) is 20.0. The van der Waals surface area contributed by atoms with Crippen LogP contribution in [-0.2, 0) is 0 Å². The van der Waals surface area contributed by atoms with E-state index in [1.165, 1.54) is 6.26 Å². The number of carbonyl (C=O) groups excluding carboxylic acids is 2. The van der Waals surface area contributed by atoms with E-state index in [4.69, 9.17) is 9.15 Å². The van der Waals surface area contributed by atoms with E-state index in [9.17, 15) is 9.59 Å². The summed E-state index contributed by atoms with van der Waals surface area (Å²) in [5.41, 5.74) is 0.552. The van der Waals surface area contributed by atoms with Gasteiger partial charge in [0.1, 0.15) is 5.75 Å². The number of ether oxygens (including phenoxy) is 1. The van der Waals surface area contributed by atoms with Crippen molar-refractivity contribution in [1.29, 1.82) is 0 Å². The fourth-order valence-electron chi connectivity index (χ4n) is 3.23. The summed E-state index contributed by atoms with van der Waals surface area (Å²) < 4.78 is 10.3. The van der Waals surface area contributed by atoms with Crippen molar-refractivity contribution in [2.45, 2.75) is 0 Å². The van der Waals surface area contributed by atoms with Gasteiger partial charge >= 0.3 is 0 Å². The van der Waals surface area contributed by atoms with Gasteiger partial charge in [-0.25, -0.2) is 0 Å². The molecule has 1 aliphatic rings. The molecule has 0 aliphatic carbocycles. The average Bonchev–Trinajstić information content (AvgIpc) is 3.34. The highest BCUT2D eigenvalue weighted by atomic mass is 127. The molecule has 0 radical (unpaired) electrons. The second-order valence-corrected chi connectivity index (χ2v) is 6.72. The van der Waals surface area contributed by atoms with Crippen LogP contribution in [0.4, 0.5) is 0 Å². The zero-order valence-electron chi connectivity index (χ0n) is 17.7. The van der Waals surface area contributed by atoms with E-state index in [0.717, 1.165) is 5.96 Å². The summed E-state index contributed by atoms with van der Waals surface area (Å²) in [6, 6.07) is 10.4. The third kappa shape index (κ3) is 6.61. The Morgan fingerprint density at radius 2 is 1.77 bits per heavy atom. The molecular formula is C21H28IN5O4. The lowest BCUT2D eigenvalue weighted by atomic mass is 10.2. The normalized spacial score (nSPS) is 13.9. The number of furan rings is 1. The van der Waals surface area contributed by atoms with Crippen LogP contribution in [0.15, 0.2) is 52.1 Å². The maximum Gasteiger partial charge on any atom is 0.289 e. The molecule has 0 spiro atoms. The van der Waals surface area contributed by atoms with Gasteiger partial charge in [-0.2, -0.15) is 0 Å². The van der Waals surface area contributed by atoms with Gasteiger partial charge in [0, 0.05) is 51.9 Å². The standard InChI is InChI=1S/C21H27N5O4.HI/c1-22-21(24-9-8-23-19(27)16-5-3-6-17(15-16)29-2)26-12-10-25(11-13-26)20(28)18-7-4-14-30-18;/h3-7,14-15H,8-13H2,1-2H3,(H,22,24)(H,23,27);1H. The quantitative estimate of drug-likeness (QED) is 0.250. The van der Waals surface area contributed by atoms with Gasteiger partial charge in [0.25, 0.3) is 11.8 Å². The number of halogens is 1. The number of nitrogens with zero attached hydrogens (tertiary/aromatic N) is 3. The predicted octanol–water partition coefficient (Wildman–Crippen LogP) is 1.67. The van der Waals surface area contributed by atoms with Crippen LogP contribution in [0.1, 0.15) is 20.9 Å². The fourth-order valence-corrected chi connectivity index (χ4v) is 3.23. The molecule has 31 heavy (non-hydrogen) atoms. The molecule has 1 fully saturated rings. The molecule has 0 unspecified atom stereocenters. The van der Waals surface area contributed by atoms with Gasteiger partial charge in [-0.05, 0) is 30.3 Å². The molecule has 9 nitrogen and oxygen atoms in total. The van der Waals surface area contributed by atoms with Crippen molar-refractivity contribution < 1.29 is 18.7 Å². The van der Waals surface area contributed by atoms with Crippen molar-refractivity contribution in [3.63, 3.8) is 0 Å². The lowest BCUT2D eigenvalue weighted by molar-refractivity contribution is 0.0657. The third-order valence-electron chi connectivity index (χ3n) is 4.84. The first-order valence-electron chi connectivity index (χ1n) is 9.83. The lowest BCUT2D eigenvalue weighted by Gasteiger charge is -2.36. The monoisotopic (exact) mass is 541 g/mol. The van der Waals surface area contributed by atoms with Crippen molar-refractivity contribution in [2.24, 2.45) is 4.99 Å². The molecule has 2 amide bonds. The molecule has 0 saturated carbocycles. The van der Waals surface area contributed by atoms with Gasteiger partial charge in [-0.3, -0.25) is 14.6 Å². The maximum absolute atomic E-state index is 12.4. The predicted molar refractivity (Wildman–Crippen MR) is 128 cm³/mol. The Balaban J connectivity index is 0.00000341. The van der Waals surface area contributed by atoms with Crippen molar-refractivity contribution in [2.75, 3.05) is 53.4 Å². The number of rotatable bonds is 6. The minimum absolute atomic E-state index is 0. The van der Waals surface area contributed by atoms with Gasteiger partial charge in [0.15, 0.2) is 11.7 Å².